The standard InChI is InChI=1S/C23H23FN6O4S/c1-2-34-18-6-4-3-5-17(18)26-21(32)13-35-23-29-28-19(11-15-12-20(31)27-22(33)25-15)30(23)16-9-7-14(24)8-10-16/h3-10,15H,2,11-13H2,1H3,(H,26,32)(H2,25,27,31,33). The predicted molar refractivity (Wildman–Crippen MR) is 127 cm³/mol. The molecule has 1 aliphatic rings. The van der Waals surface area contributed by atoms with Gasteiger partial charge in [-0.25, -0.2) is 9.18 Å². The summed E-state index contributed by atoms with van der Waals surface area (Å²) in [4.78, 5) is 36.1. The van der Waals surface area contributed by atoms with Crippen molar-refractivity contribution in [3.05, 3.63) is 60.2 Å². The molecule has 12 heteroatoms. The fourth-order valence-corrected chi connectivity index (χ4v) is 4.33. The van der Waals surface area contributed by atoms with Crippen LogP contribution in [-0.4, -0.2) is 51.0 Å². The van der Waals surface area contributed by atoms with Crippen LogP contribution in [0.5, 0.6) is 5.75 Å². The Morgan fingerprint density at radius 1 is 1.20 bits per heavy atom. The Labute approximate surface area is 204 Å². The highest BCUT2D eigenvalue weighted by Gasteiger charge is 2.27. The van der Waals surface area contributed by atoms with E-state index in [-0.39, 0.29) is 30.4 Å². The van der Waals surface area contributed by atoms with Gasteiger partial charge in [-0.15, -0.1) is 10.2 Å². The lowest BCUT2D eigenvalue weighted by Crippen LogP contribution is -2.53. The maximum Gasteiger partial charge on any atom is 0.321 e. The van der Waals surface area contributed by atoms with Crippen LogP contribution in [0, 0.1) is 5.82 Å². The molecule has 3 aromatic rings. The number of carbonyl (C=O) groups is 3. The van der Waals surface area contributed by atoms with E-state index in [1.165, 1.54) is 12.1 Å². The number of aromatic nitrogens is 3. The van der Waals surface area contributed by atoms with Crippen molar-refractivity contribution >= 4 is 35.3 Å². The highest BCUT2D eigenvalue weighted by molar-refractivity contribution is 7.99. The minimum atomic E-state index is -0.572. The Bertz CT molecular complexity index is 1220. The zero-order valence-corrected chi connectivity index (χ0v) is 19.6. The van der Waals surface area contributed by atoms with Crippen LogP contribution in [0.3, 0.4) is 0 Å². The van der Waals surface area contributed by atoms with Crippen molar-refractivity contribution in [2.45, 2.75) is 31.0 Å². The molecule has 0 aliphatic carbocycles. The third kappa shape index (κ3) is 6.15. The van der Waals surface area contributed by atoms with Crippen molar-refractivity contribution in [2.24, 2.45) is 0 Å². The van der Waals surface area contributed by atoms with Crippen molar-refractivity contribution in [3.63, 3.8) is 0 Å². The number of amides is 4. The molecule has 4 amide bonds. The fraction of sp³-hybridized carbons (Fsp3) is 0.261. The first-order chi connectivity index (χ1) is 16.9. The first-order valence-corrected chi connectivity index (χ1v) is 11.9. The van der Waals surface area contributed by atoms with E-state index in [0.717, 1.165) is 11.8 Å². The van der Waals surface area contributed by atoms with Gasteiger partial charge in [0.25, 0.3) is 0 Å². The molecule has 2 aromatic carbocycles. The number of carbonyl (C=O) groups excluding carboxylic acids is 3. The van der Waals surface area contributed by atoms with Crippen molar-refractivity contribution in [2.75, 3.05) is 17.7 Å². The van der Waals surface area contributed by atoms with E-state index in [4.69, 9.17) is 4.74 Å². The lowest BCUT2D eigenvalue weighted by atomic mass is 10.1. The Balaban J connectivity index is 1.52. The zero-order valence-electron chi connectivity index (χ0n) is 18.8. The van der Waals surface area contributed by atoms with Crippen LogP contribution in [-0.2, 0) is 16.0 Å². The van der Waals surface area contributed by atoms with Crippen LogP contribution < -0.4 is 20.7 Å². The van der Waals surface area contributed by atoms with Gasteiger partial charge < -0.3 is 15.4 Å². The minimum Gasteiger partial charge on any atom is -0.492 e. The number of halogens is 1. The molecule has 1 atom stereocenters. The lowest BCUT2D eigenvalue weighted by Gasteiger charge is -2.23. The van der Waals surface area contributed by atoms with Crippen LogP contribution in [0.25, 0.3) is 5.69 Å². The first kappa shape index (κ1) is 24.2. The molecule has 1 aliphatic heterocycles. The molecule has 1 unspecified atom stereocenters. The van der Waals surface area contributed by atoms with Gasteiger partial charge in [-0.2, -0.15) is 0 Å². The Hall–Kier alpha value is -3.93. The first-order valence-electron chi connectivity index (χ1n) is 10.9. The number of rotatable bonds is 9. The number of para-hydroxylation sites is 2. The van der Waals surface area contributed by atoms with Gasteiger partial charge in [0.05, 0.1) is 18.0 Å². The summed E-state index contributed by atoms with van der Waals surface area (Å²) in [6, 6.07) is 11.8. The SMILES string of the molecule is CCOc1ccccc1NC(=O)CSc1nnc(CC2CC(=O)NC(=O)N2)n1-c1ccc(F)cc1. The number of thioether (sulfide) groups is 1. The molecule has 10 nitrogen and oxygen atoms in total. The van der Waals surface area contributed by atoms with Gasteiger partial charge in [0.2, 0.25) is 11.8 Å². The molecule has 3 N–H and O–H groups in total. The van der Waals surface area contributed by atoms with Gasteiger partial charge in [0.15, 0.2) is 5.16 Å². The highest BCUT2D eigenvalue weighted by Crippen LogP contribution is 2.26. The van der Waals surface area contributed by atoms with Gasteiger partial charge >= 0.3 is 6.03 Å². The molecule has 0 bridgehead atoms. The normalized spacial score (nSPS) is 15.3. The second kappa shape index (κ2) is 11.0. The smallest absolute Gasteiger partial charge is 0.321 e. The summed E-state index contributed by atoms with van der Waals surface area (Å²) in [5, 5.41) is 16.5. The molecule has 2 heterocycles. The molecule has 4 rings (SSSR count). The average molecular weight is 499 g/mol. The van der Waals surface area contributed by atoms with E-state index in [1.807, 2.05) is 13.0 Å². The number of nitrogens with zero attached hydrogens (tertiary/aromatic N) is 3. The highest BCUT2D eigenvalue weighted by atomic mass is 32.2. The maximum absolute atomic E-state index is 13.5. The van der Waals surface area contributed by atoms with Crippen LogP contribution in [0.4, 0.5) is 14.9 Å². The summed E-state index contributed by atoms with van der Waals surface area (Å²) < 4.78 is 20.8. The number of nitrogens with one attached hydrogen (secondary N) is 3. The van der Waals surface area contributed by atoms with Crippen molar-refractivity contribution in [3.8, 4) is 11.4 Å². The third-order valence-electron chi connectivity index (χ3n) is 5.03. The third-order valence-corrected chi connectivity index (χ3v) is 5.96. The van der Waals surface area contributed by atoms with Crippen LogP contribution >= 0.6 is 11.8 Å². The molecule has 0 radical (unpaired) electrons. The Morgan fingerprint density at radius 3 is 2.71 bits per heavy atom. The molecular weight excluding hydrogens is 475 g/mol. The monoisotopic (exact) mass is 498 g/mol. The second-order valence-electron chi connectivity index (χ2n) is 7.60. The predicted octanol–water partition coefficient (Wildman–Crippen LogP) is 2.68. The van der Waals surface area contributed by atoms with E-state index < -0.39 is 17.9 Å². The molecule has 1 saturated heterocycles. The number of hydrogen-bond donors (Lipinski definition) is 3. The van der Waals surface area contributed by atoms with Gasteiger partial charge in [-0.3, -0.25) is 19.5 Å². The number of ether oxygens (including phenoxy) is 1. The van der Waals surface area contributed by atoms with Crippen LogP contribution in [0.2, 0.25) is 0 Å². The summed E-state index contributed by atoms with van der Waals surface area (Å²) in [6.07, 6.45) is 0.310. The zero-order chi connectivity index (χ0) is 24.8. The summed E-state index contributed by atoms with van der Waals surface area (Å²) in [5.41, 5.74) is 1.15. The van der Waals surface area contributed by atoms with E-state index >= 15 is 0 Å². The second-order valence-corrected chi connectivity index (χ2v) is 8.55. The van der Waals surface area contributed by atoms with Gasteiger partial charge in [-0.1, -0.05) is 23.9 Å². The van der Waals surface area contributed by atoms with Crippen LogP contribution in [0.15, 0.2) is 53.7 Å². The van der Waals surface area contributed by atoms with Gasteiger partial charge in [-0.05, 0) is 43.3 Å². The largest absolute Gasteiger partial charge is 0.492 e. The van der Waals surface area contributed by atoms with E-state index in [0.29, 0.717) is 34.7 Å². The number of hydrogen-bond acceptors (Lipinski definition) is 7. The minimum absolute atomic E-state index is 0.0301. The van der Waals surface area contributed by atoms with E-state index in [2.05, 4.69) is 26.1 Å². The van der Waals surface area contributed by atoms with E-state index in [9.17, 15) is 18.8 Å². The van der Waals surface area contributed by atoms with Gasteiger partial charge in [0.1, 0.15) is 17.4 Å². The van der Waals surface area contributed by atoms with Crippen molar-refractivity contribution in [1.29, 1.82) is 0 Å². The summed E-state index contributed by atoms with van der Waals surface area (Å²) in [7, 11) is 0. The summed E-state index contributed by atoms with van der Waals surface area (Å²) >= 11 is 1.15. The lowest BCUT2D eigenvalue weighted by molar-refractivity contribution is -0.121. The molecule has 0 spiro atoms. The maximum atomic E-state index is 13.5. The summed E-state index contributed by atoms with van der Waals surface area (Å²) in [5.74, 6) is 0.00678. The molecule has 0 saturated carbocycles. The van der Waals surface area contributed by atoms with Gasteiger partial charge in [0, 0.05) is 24.6 Å². The quantitative estimate of drug-likeness (QED) is 0.387. The Morgan fingerprint density at radius 2 is 1.97 bits per heavy atom. The van der Waals surface area contributed by atoms with E-state index in [1.54, 1.807) is 34.9 Å². The molecule has 1 aromatic heterocycles. The van der Waals surface area contributed by atoms with Crippen LogP contribution in [0.1, 0.15) is 19.2 Å². The average Bonchev–Trinajstić information content (AvgIpc) is 3.21. The molecule has 182 valence electrons. The van der Waals surface area contributed by atoms with Crippen molar-refractivity contribution < 1.29 is 23.5 Å². The summed E-state index contributed by atoms with van der Waals surface area (Å²) in [6.45, 7) is 2.33. The molecule has 35 heavy (non-hydrogen) atoms. The molecular formula is C23H23FN6O4S. The fourth-order valence-electron chi connectivity index (χ4n) is 3.56. The number of urea groups is 1. The molecule has 1 fully saturated rings. The Kier molecular flexibility index (Phi) is 7.60. The number of benzene rings is 2. The topological polar surface area (TPSA) is 127 Å². The number of imide groups is 1. The number of anilines is 1. The van der Waals surface area contributed by atoms with Crippen molar-refractivity contribution in [1.82, 2.24) is 25.4 Å².